The van der Waals surface area contributed by atoms with Gasteiger partial charge >= 0.3 is 0 Å². The number of hydrogen-bond acceptors (Lipinski definition) is 3. The molecule has 112 valence electrons. The zero-order valence-corrected chi connectivity index (χ0v) is 14.0. The van der Waals surface area contributed by atoms with Gasteiger partial charge in [0, 0.05) is 19.0 Å². The summed E-state index contributed by atoms with van der Waals surface area (Å²) in [7, 11) is 1.81. The second-order valence-corrected chi connectivity index (χ2v) is 6.37. The number of thioether (sulfide) groups is 1. The van der Waals surface area contributed by atoms with Gasteiger partial charge in [-0.3, -0.25) is 9.36 Å². The summed E-state index contributed by atoms with van der Waals surface area (Å²) < 4.78 is 1.68. The minimum Gasteiger partial charge on any atom is -0.291 e. The monoisotopic (exact) mass is 302 g/mol. The van der Waals surface area contributed by atoms with Gasteiger partial charge in [-0.2, -0.15) is 0 Å². The molecule has 1 aromatic heterocycles. The topological polar surface area (TPSA) is 34.9 Å². The van der Waals surface area contributed by atoms with Crippen LogP contribution in [-0.4, -0.2) is 15.3 Å². The van der Waals surface area contributed by atoms with Crippen molar-refractivity contribution >= 4 is 11.8 Å². The van der Waals surface area contributed by atoms with Crippen molar-refractivity contribution in [1.29, 1.82) is 0 Å². The van der Waals surface area contributed by atoms with Crippen molar-refractivity contribution < 1.29 is 0 Å². The first kappa shape index (κ1) is 15.8. The van der Waals surface area contributed by atoms with Crippen LogP contribution in [0.1, 0.15) is 36.2 Å². The molecular weight excluding hydrogens is 280 g/mol. The lowest BCUT2D eigenvalue weighted by atomic mass is 10.0. The van der Waals surface area contributed by atoms with E-state index in [1.807, 2.05) is 13.1 Å². The smallest absolute Gasteiger partial charge is 0.257 e. The minimum atomic E-state index is 0.0827. The summed E-state index contributed by atoms with van der Waals surface area (Å²) in [6, 6.07) is 8.31. The molecule has 1 heterocycles. The molecule has 0 saturated carbocycles. The van der Waals surface area contributed by atoms with Crippen molar-refractivity contribution in [3.8, 4) is 0 Å². The van der Waals surface area contributed by atoms with Gasteiger partial charge in [-0.25, -0.2) is 4.98 Å². The second kappa shape index (κ2) is 6.94. The highest BCUT2D eigenvalue weighted by atomic mass is 32.2. The molecular formula is C17H22N2OS. The van der Waals surface area contributed by atoms with Gasteiger partial charge in [-0.05, 0) is 24.7 Å². The van der Waals surface area contributed by atoms with Crippen LogP contribution in [0, 0.1) is 6.92 Å². The molecule has 0 aliphatic heterocycles. The molecule has 2 rings (SSSR count). The van der Waals surface area contributed by atoms with E-state index in [0.717, 1.165) is 28.6 Å². The lowest BCUT2D eigenvalue weighted by Crippen LogP contribution is -2.26. The SMILES string of the molecule is CCSc1nc(CC)c(Cc2cccc(C)c2)c(=O)n1C. The van der Waals surface area contributed by atoms with Crippen LogP contribution in [0.2, 0.25) is 0 Å². The Labute approximate surface area is 130 Å². The number of hydrogen-bond donors (Lipinski definition) is 0. The van der Waals surface area contributed by atoms with E-state index in [1.165, 1.54) is 11.1 Å². The Kier molecular flexibility index (Phi) is 5.23. The normalized spacial score (nSPS) is 10.9. The summed E-state index contributed by atoms with van der Waals surface area (Å²) in [6.07, 6.45) is 1.44. The Morgan fingerprint density at radius 1 is 1.29 bits per heavy atom. The fraction of sp³-hybridized carbons (Fsp3) is 0.412. The Morgan fingerprint density at radius 2 is 2.05 bits per heavy atom. The van der Waals surface area contributed by atoms with E-state index < -0.39 is 0 Å². The number of aryl methyl sites for hydroxylation is 2. The molecule has 0 saturated heterocycles. The molecule has 1 aromatic carbocycles. The first-order valence-corrected chi connectivity index (χ1v) is 8.32. The zero-order chi connectivity index (χ0) is 15.4. The Balaban J connectivity index is 2.48. The third-order valence-corrected chi connectivity index (χ3v) is 4.41. The number of nitrogens with zero attached hydrogens (tertiary/aromatic N) is 2. The maximum Gasteiger partial charge on any atom is 0.257 e. The highest BCUT2D eigenvalue weighted by molar-refractivity contribution is 7.99. The van der Waals surface area contributed by atoms with E-state index >= 15 is 0 Å². The van der Waals surface area contributed by atoms with Crippen LogP contribution < -0.4 is 5.56 Å². The first-order chi connectivity index (χ1) is 10.1. The van der Waals surface area contributed by atoms with Gasteiger partial charge in [0.25, 0.3) is 5.56 Å². The van der Waals surface area contributed by atoms with Crippen molar-refractivity contribution in [3.05, 3.63) is 57.0 Å². The lowest BCUT2D eigenvalue weighted by molar-refractivity contribution is 0.675. The van der Waals surface area contributed by atoms with Crippen LogP contribution in [0.3, 0.4) is 0 Å². The van der Waals surface area contributed by atoms with E-state index in [9.17, 15) is 4.79 Å². The molecule has 0 unspecified atom stereocenters. The van der Waals surface area contributed by atoms with Crippen molar-refractivity contribution in [2.75, 3.05) is 5.75 Å². The maximum absolute atomic E-state index is 12.6. The quantitative estimate of drug-likeness (QED) is 0.627. The van der Waals surface area contributed by atoms with Crippen molar-refractivity contribution in [2.24, 2.45) is 7.05 Å². The molecule has 0 bridgehead atoms. The summed E-state index contributed by atoms with van der Waals surface area (Å²) in [4.78, 5) is 17.3. The third kappa shape index (κ3) is 3.56. The van der Waals surface area contributed by atoms with Gasteiger partial charge < -0.3 is 0 Å². The second-order valence-electron chi connectivity index (χ2n) is 5.14. The predicted molar refractivity (Wildman–Crippen MR) is 89.2 cm³/mol. The fourth-order valence-corrected chi connectivity index (χ4v) is 3.13. The van der Waals surface area contributed by atoms with Crippen LogP contribution in [0.15, 0.2) is 34.2 Å². The van der Waals surface area contributed by atoms with Gasteiger partial charge in [0.15, 0.2) is 5.16 Å². The summed E-state index contributed by atoms with van der Waals surface area (Å²) in [5.74, 6) is 0.917. The zero-order valence-electron chi connectivity index (χ0n) is 13.1. The van der Waals surface area contributed by atoms with E-state index in [4.69, 9.17) is 0 Å². The van der Waals surface area contributed by atoms with Crippen molar-refractivity contribution in [1.82, 2.24) is 9.55 Å². The van der Waals surface area contributed by atoms with E-state index in [2.05, 4.69) is 44.0 Å². The summed E-state index contributed by atoms with van der Waals surface area (Å²) >= 11 is 1.61. The van der Waals surface area contributed by atoms with Crippen molar-refractivity contribution in [2.45, 2.75) is 38.8 Å². The average Bonchev–Trinajstić information content (AvgIpc) is 2.47. The molecule has 4 heteroatoms. The molecule has 21 heavy (non-hydrogen) atoms. The van der Waals surface area contributed by atoms with E-state index in [0.29, 0.717) is 6.42 Å². The largest absolute Gasteiger partial charge is 0.291 e. The number of aromatic nitrogens is 2. The molecule has 0 aliphatic carbocycles. The van der Waals surface area contributed by atoms with Crippen LogP contribution in [0.5, 0.6) is 0 Å². The maximum atomic E-state index is 12.6. The number of rotatable bonds is 5. The molecule has 0 amide bonds. The minimum absolute atomic E-state index is 0.0827. The van der Waals surface area contributed by atoms with Crippen LogP contribution >= 0.6 is 11.8 Å². The number of benzene rings is 1. The predicted octanol–water partition coefficient (Wildman–Crippen LogP) is 3.35. The molecule has 3 nitrogen and oxygen atoms in total. The van der Waals surface area contributed by atoms with Gasteiger partial charge in [0.2, 0.25) is 0 Å². The highest BCUT2D eigenvalue weighted by Crippen LogP contribution is 2.17. The first-order valence-electron chi connectivity index (χ1n) is 7.33. The average molecular weight is 302 g/mol. The van der Waals surface area contributed by atoms with Crippen LogP contribution in [0.25, 0.3) is 0 Å². The summed E-state index contributed by atoms with van der Waals surface area (Å²) in [6.45, 7) is 6.20. The Morgan fingerprint density at radius 3 is 2.67 bits per heavy atom. The lowest BCUT2D eigenvalue weighted by Gasteiger charge is -2.13. The molecule has 0 fully saturated rings. The van der Waals surface area contributed by atoms with Crippen molar-refractivity contribution in [3.63, 3.8) is 0 Å². The van der Waals surface area contributed by atoms with Gasteiger partial charge in [-0.15, -0.1) is 0 Å². The van der Waals surface area contributed by atoms with Crippen LogP contribution in [-0.2, 0) is 19.9 Å². The molecule has 2 aromatic rings. The molecule has 0 spiro atoms. The van der Waals surface area contributed by atoms with Gasteiger partial charge in [-0.1, -0.05) is 55.4 Å². The Hall–Kier alpha value is -1.55. The molecule has 0 atom stereocenters. The molecule has 0 radical (unpaired) electrons. The highest BCUT2D eigenvalue weighted by Gasteiger charge is 2.14. The van der Waals surface area contributed by atoms with Crippen LogP contribution in [0.4, 0.5) is 0 Å². The van der Waals surface area contributed by atoms with Gasteiger partial charge in [0.05, 0.1) is 5.69 Å². The standard InChI is InChI=1S/C17H22N2OS/c1-5-15-14(11-13-9-7-8-12(3)10-13)16(20)19(4)17(18-15)21-6-2/h7-10H,5-6,11H2,1-4H3. The van der Waals surface area contributed by atoms with E-state index in [1.54, 1.807) is 16.3 Å². The molecule has 0 aliphatic rings. The fourth-order valence-electron chi connectivity index (χ4n) is 2.43. The Bertz CT molecular complexity index is 692. The van der Waals surface area contributed by atoms with E-state index in [-0.39, 0.29) is 5.56 Å². The third-order valence-electron chi connectivity index (χ3n) is 3.50. The summed E-state index contributed by atoms with van der Waals surface area (Å²) in [5.41, 5.74) is 4.22. The van der Waals surface area contributed by atoms with Gasteiger partial charge in [0.1, 0.15) is 0 Å². The summed E-state index contributed by atoms with van der Waals surface area (Å²) in [5, 5.41) is 0.812. The molecule has 0 N–H and O–H groups in total.